The zero-order valence-electron chi connectivity index (χ0n) is 14.7. The zero-order chi connectivity index (χ0) is 14.9. The van der Waals surface area contributed by atoms with Crippen LogP contribution in [0.1, 0.15) is 85.5 Å². The lowest BCUT2D eigenvalue weighted by atomic mass is 9.45. The van der Waals surface area contributed by atoms with Gasteiger partial charge in [0.05, 0.1) is 0 Å². The molecule has 5 atom stereocenters. The van der Waals surface area contributed by atoms with E-state index < -0.39 is 0 Å². The molecule has 0 bridgehead atoms. The summed E-state index contributed by atoms with van der Waals surface area (Å²) in [6.45, 7) is 10.3. The van der Waals surface area contributed by atoms with Gasteiger partial charge in [-0.1, -0.05) is 52.2 Å². The highest BCUT2D eigenvalue weighted by molar-refractivity contribution is 5.29. The molecule has 118 valence electrons. The first-order valence-electron chi connectivity index (χ1n) is 9.58. The molecule has 3 fully saturated rings. The second kappa shape index (κ2) is 4.39. The summed E-state index contributed by atoms with van der Waals surface area (Å²) in [7, 11) is 0. The van der Waals surface area contributed by atoms with Gasteiger partial charge in [-0.15, -0.1) is 0 Å². The quantitative estimate of drug-likeness (QED) is 0.454. The summed E-state index contributed by atoms with van der Waals surface area (Å²) in [5.41, 5.74) is 3.56. The zero-order valence-corrected chi connectivity index (χ0v) is 14.7. The van der Waals surface area contributed by atoms with Gasteiger partial charge < -0.3 is 0 Å². The van der Waals surface area contributed by atoms with E-state index in [1.165, 1.54) is 57.8 Å². The predicted octanol–water partition coefficient (Wildman–Crippen LogP) is 6.37. The Kier molecular flexibility index (Phi) is 3.00. The number of rotatable bonds is 0. The first kappa shape index (κ1) is 14.3. The number of hydrogen-bond donors (Lipinski definition) is 0. The van der Waals surface area contributed by atoms with Crippen molar-refractivity contribution < 1.29 is 0 Å². The van der Waals surface area contributed by atoms with Crippen molar-refractivity contribution in [2.24, 2.45) is 34.0 Å². The monoisotopic (exact) mass is 286 g/mol. The summed E-state index contributed by atoms with van der Waals surface area (Å²) in [4.78, 5) is 0. The van der Waals surface area contributed by atoms with Crippen LogP contribution in [0.2, 0.25) is 0 Å². The highest BCUT2D eigenvalue weighted by Gasteiger charge is 2.57. The van der Waals surface area contributed by atoms with E-state index in [1.54, 1.807) is 0 Å². The summed E-state index contributed by atoms with van der Waals surface area (Å²) in [6, 6.07) is 0. The minimum atomic E-state index is 0.467. The molecule has 0 amide bonds. The molecule has 4 aliphatic carbocycles. The van der Waals surface area contributed by atoms with Crippen LogP contribution in [0.15, 0.2) is 11.6 Å². The predicted molar refractivity (Wildman–Crippen MR) is 90.1 cm³/mol. The van der Waals surface area contributed by atoms with Crippen molar-refractivity contribution in [2.45, 2.75) is 85.5 Å². The van der Waals surface area contributed by atoms with Crippen molar-refractivity contribution in [3.63, 3.8) is 0 Å². The van der Waals surface area contributed by atoms with Gasteiger partial charge in [0.1, 0.15) is 0 Å². The maximum atomic E-state index is 2.73. The molecule has 0 aromatic carbocycles. The van der Waals surface area contributed by atoms with E-state index in [4.69, 9.17) is 0 Å². The van der Waals surface area contributed by atoms with Gasteiger partial charge in [-0.3, -0.25) is 0 Å². The Morgan fingerprint density at radius 1 is 0.857 bits per heavy atom. The van der Waals surface area contributed by atoms with Crippen LogP contribution in [0.4, 0.5) is 0 Å². The summed E-state index contributed by atoms with van der Waals surface area (Å²) >= 11 is 0. The van der Waals surface area contributed by atoms with Crippen molar-refractivity contribution in [1.82, 2.24) is 0 Å². The fraction of sp³-hybridized carbons (Fsp3) is 0.905. The summed E-state index contributed by atoms with van der Waals surface area (Å²) in [5, 5.41) is 0. The average molecular weight is 287 g/mol. The lowest BCUT2D eigenvalue weighted by Gasteiger charge is -2.59. The highest BCUT2D eigenvalue weighted by atomic mass is 14.6. The normalized spacial score (nSPS) is 51.6. The maximum absolute atomic E-state index is 2.73. The molecule has 5 unspecified atom stereocenters. The van der Waals surface area contributed by atoms with E-state index in [-0.39, 0.29) is 0 Å². The lowest BCUT2D eigenvalue weighted by Crippen LogP contribution is -2.50. The topological polar surface area (TPSA) is 0 Å². The van der Waals surface area contributed by atoms with E-state index in [0.29, 0.717) is 16.2 Å². The molecular weight excluding hydrogens is 252 g/mol. The lowest BCUT2D eigenvalue weighted by molar-refractivity contribution is -0.0362. The van der Waals surface area contributed by atoms with E-state index in [1.807, 2.05) is 5.57 Å². The van der Waals surface area contributed by atoms with Crippen LogP contribution in [0.25, 0.3) is 0 Å². The molecule has 4 aliphatic rings. The van der Waals surface area contributed by atoms with Gasteiger partial charge in [0.15, 0.2) is 0 Å². The summed E-state index contributed by atoms with van der Waals surface area (Å²) < 4.78 is 0. The second-order valence-corrected chi connectivity index (χ2v) is 9.97. The maximum Gasteiger partial charge on any atom is -0.00799 e. The van der Waals surface area contributed by atoms with Crippen molar-refractivity contribution >= 4 is 0 Å². The standard InChI is InChI=1S/C21H34/c1-19(2)11-6-13-21(4)17-10-14-20(3)12-5-7-16(20)15(17)8-9-18(19)21/h9,15-17H,5-8,10-14H2,1-4H3. The van der Waals surface area contributed by atoms with E-state index in [2.05, 4.69) is 33.8 Å². The summed E-state index contributed by atoms with van der Waals surface area (Å²) in [6.07, 6.45) is 16.0. The summed E-state index contributed by atoms with van der Waals surface area (Å²) in [5.74, 6) is 3.04. The van der Waals surface area contributed by atoms with Gasteiger partial charge in [0.25, 0.3) is 0 Å². The largest absolute Gasteiger partial charge is 0.0839 e. The van der Waals surface area contributed by atoms with Gasteiger partial charge in [-0.2, -0.15) is 0 Å². The molecule has 3 saturated carbocycles. The average Bonchev–Trinajstić information content (AvgIpc) is 2.79. The Bertz CT molecular complexity index is 470. The van der Waals surface area contributed by atoms with Crippen molar-refractivity contribution in [2.75, 3.05) is 0 Å². The Balaban J connectivity index is 1.73. The van der Waals surface area contributed by atoms with Crippen LogP contribution in [-0.4, -0.2) is 0 Å². The Hall–Kier alpha value is -0.260. The molecule has 0 nitrogen and oxygen atoms in total. The van der Waals surface area contributed by atoms with Gasteiger partial charge in [-0.25, -0.2) is 0 Å². The third-order valence-corrected chi connectivity index (χ3v) is 8.47. The molecule has 0 N–H and O–H groups in total. The molecule has 0 saturated heterocycles. The third kappa shape index (κ3) is 1.86. The SMILES string of the molecule is CC1(C)CCCC2(C)C1=CCC1C3CCCC3(C)CCC12. The fourth-order valence-electron chi connectivity index (χ4n) is 7.49. The number of allylic oxidation sites excluding steroid dienone is 2. The van der Waals surface area contributed by atoms with Gasteiger partial charge in [-0.05, 0) is 78.9 Å². The van der Waals surface area contributed by atoms with E-state index in [0.717, 1.165) is 17.8 Å². The van der Waals surface area contributed by atoms with Crippen LogP contribution in [0.5, 0.6) is 0 Å². The Morgan fingerprint density at radius 3 is 2.48 bits per heavy atom. The molecule has 0 aromatic heterocycles. The third-order valence-electron chi connectivity index (χ3n) is 8.47. The van der Waals surface area contributed by atoms with Crippen molar-refractivity contribution in [3.8, 4) is 0 Å². The van der Waals surface area contributed by atoms with Gasteiger partial charge >= 0.3 is 0 Å². The number of hydrogen-bond acceptors (Lipinski definition) is 0. The fourth-order valence-corrected chi connectivity index (χ4v) is 7.49. The van der Waals surface area contributed by atoms with Crippen LogP contribution in [0, 0.1) is 34.0 Å². The van der Waals surface area contributed by atoms with Crippen LogP contribution < -0.4 is 0 Å². The van der Waals surface area contributed by atoms with Crippen molar-refractivity contribution in [3.05, 3.63) is 11.6 Å². The first-order valence-corrected chi connectivity index (χ1v) is 9.58. The molecule has 0 heterocycles. The molecule has 0 aromatic rings. The first-order chi connectivity index (χ1) is 9.87. The van der Waals surface area contributed by atoms with E-state index >= 15 is 0 Å². The molecule has 0 heteroatoms. The smallest absolute Gasteiger partial charge is 0.00799 e. The highest BCUT2D eigenvalue weighted by Crippen LogP contribution is 2.66. The van der Waals surface area contributed by atoms with E-state index in [9.17, 15) is 0 Å². The minimum absolute atomic E-state index is 0.467. The minimum Gasteiger partial charge on any atom is -0.0839 e. The number of fused-ring (bicyclic) bond motifs is 5. The molecular formula is C21H34. The van der Waals surface area contributed by atoms with Crippen LogP contribution in [-0.2, 0) is 0 Å². The molecule has 4 rings (SSSR count). The van der Waals surface area contributed by atoms with Crippen LogP contribution in [0.3, 0.4) is 0 Å². The van der Waals surface area contributed by atoms with Crippen molar-refractivity contribution in [1.29, 1.82) is 0 Å². The molecule has 0 spiro atoms. The van der Waals surface area contributed by atoms with Gasteiger partial charge in [0, 0.05) is 0 Å². The Labute approximate surface area is 131 Å². The van der Waals surface area contributed by atoms with Gasteiger partial charge in [0.2, 0.25) is 0 Å². The second-order valence-electron chi connectivity index (χ2n) is 9.97. The Morgan fingerprint density at radius 2 is 1.67 bits per heavy atom. The molecule has 0 aliphatic heterocycles. The van der Waals surface area contributed by atoms with Crippen LogP contribution >= 0.6 is 0 Å². The molecule has 21 heavy (non-hydrogen) atoms. The molecule has 0 radical (unpaired) electrons.